The Kier molecular flexibility index (Phi) is 6.00. The molecule has 0 saturated heterocycles. The summed E-state index contributed by atoms with van der Waals surface area (Å²) in [5.74, 6) is 0.844. The molecule has 0 bridgehead atoms. The van der Waals surface area contributed by atoms with E-state index in [4.69, 9.17) is 0 Å². The first-order chi connectivity index (χ1) is 5.16. The summed E-state index contributed by atoms with van der Waals surface area (Å²) in [7, 11) is 4.11. The second kappa shape index (κ2) is 6.26. The van der Waals surface area contributed by atoms with Crippen LogP contribution in [0, 0.1) is 5.92 Å². The van der Waals surface area contributed by atoms with Gasteiger partial charge in [0.05, 0.1) is 0 Å². The summed E-state index contributed by atoms with van der Waals surface area (Å²) in [6.45, 7) is 4.55. The normalized spacial score (nSPS) is 13.8. The number of hydrogen-bond acceptors (Lipinski definition) is 1. The third-order valence-electron chi connectivity index (χ3n) is 1.72. The quantitative estimate of drug-likeness (QED) is 0.590. The largest absolute Gasteiger partial charge is 0.384 e. The third-order valence-corrected chi connectivity index (χ3v) is 1.72. The average Bonchev–Trinajstić information content (AvgIpc) is 1.87. The predicted molar refractivity (Wildman–Crippen MR) is 51.5 cm³/mol. The molecule has 0 spiro atoms. The lowest BCUT2D eigenvalue weighted by atomic mass is 10.0. The Bertz CT molecular complexity index is 105. The summed E-state index contributed by atoms with van der Waals surface area (Å²) in [6, 6.07) is 0. The van der Waals surface area contributed by atoms with Crippen molar-refractivity contribution >= 4 is 0 Å². The van der Waals surface area contributed by atoms with E-state index in [0.29, 0.717) is 0 Å². The summed E-state index contributed by atoms with van der Waals surface area (Å²) in [5, 5.41) is 0. The minimum atomic E-state index is 0.844. The zero-order chi connectivity index (χ0) is 8.69. The molecule has 1 heteroatoms. The first-order valence-corrected chi connectivity index (χ1v) is 4.50. The lowest BCUT2D eigenvalue weighted by molar-refractivity contribution is 0.518. The van der Waals surface area contributed by atoms with Crippen molar-refractivity contribution in [1.82, 2.24) is 4.90 Å². The van der Waals surface area contributed by atoms with Crippen molar-refractivity contribution in [2.75, 3.05) is 14.1 Å². The van der Waals surface area contributed by atoms with E-state index in [0.717, 1.165) is 5.92 Å². The molecule has 0 aliphatic carbocycles. The summed E-state index contributed by atoms with van der Waals surface area (Å²) in [6.07, 6.45) is 8.24. The van der Waals surface area contributed by atoms with Gasteiger partial charge in [-0.05, 0) is 18.5 Å². The molecule has 0 amide bonds. The van der Waals surface area contributed by atoms with Gasteiger partial charge in [-0.3, -0.25) is 0 Å². The standard InChI is InChI=1S/C10H21N/c1-5-7-10(2)8-6-9-11(3)4/h6,9-10H,5,7-8H2,1-4H3/b9-6+. The molecule has 0 fully saturated rings. The molecule has 0 aromatic carbocycles. The minimum absolute atomic E-state index is 0.844. The Balaban J connectivity index is 3.36. The van der Waals surface area contributed by atoms with Gasteiger partial charge in [-0.25, -0.2) is 0 Å². The van der Waals surface area contributed by atoms with Crippen molar-refractivity contribution in [3.8, 4) is 0 Å². The molecule has 0 radical (unpaired) electrons. The van der Waals surface area contributed by atoms with Gasteiger partial charge < -0.3 is 4.90 Å². The summed E-state index contributed by atoms with van der Waals surface area (Å²) < 4.78 is 0. The molecule has 0 aliphatic rings. The third kappa shape index (κ3) is 7.44. The lowest BCUT2D eigenvalue weighted by Gasteiger charge is -2.07. The smallest absolute Gasteiger partial charge is 0.00555 e. The molecule has 1 unspecified atom stereocenters. The van der Waals surface area contributed by atoms with Crippen LogP contribution >= 0.6 is 0 Å². The zero-order valence-electron chi connectivity index (χ0n) is 8.30. The Morgan fingerprint density at radius 3 is 2.45 bits per heavy atom. The SMILES string of the molecule is CCCC(C)C/C=C/N(C)C. The van der Waals surface area contributed by atoms with E-state index in [1.807, 2.05) is 0 Å². The molecule has 1 atom stereocenters. The maximum absolute atomic E-state index is 2.31. The molecule has 0 saturated carbocycles. The van der Waals surface area contributed by atoms with E-state index in [9.17, 15) is 0 Å². The highest BCUT2D eigenvalue weighted by molar-refractivity contribution is 4.80. The summed E-state index contributed by atoms with van der Waals surface area (Å²) in [5.41, 5.74) is 0. The first kappa shape index (κ1) is 10.5. The van der Waals surface area contributed by atoms with Gasteiger partial charge in [0, 0.05) is 14.1 Å². The van der Waals surface area contributed by atoms with Gasteiger partial charge in [-0.2, -0.15) is 0 Å². The van der Waals surface area contributed by atoms with Crippen LogP contribution in [0.2, 0.25) is 0 Å². The minimum Gasteiger partial charge on any atom is -0.384 e. The second-order valence-corrected chi connectivity index (χ2v) is 3.48. The van der Waals surface area contributed by atoms with Crippen LogP contribution in [-0.4, -0.2) is 19.0 Å². The van der Waals surface area contributed by atoms with Gasteiger partial charge in [-0.1, -0.05) is 32.8 Å². The first-order valence-electron chi connectivity index (χ1n) is 4.50. The maximum Gasteiger partial charge on any atom is 0.00555 e. The molecular formula is C10H21N. The molecule has 11 heavy (non-hydrogen) atoms. The van der Waals surface area contributed by atoms with Crippen molar-refractivity contribution in [3.05, 3.63) is 12.3 Å². The number of nitrogens with zero attached hydrogens (tertiary/aromatic N) is 1. The van der Waals surface area contributed by atoms with E-state index in [1.165, 1.54) is 19.3 Å². The summed E-state index contributed by atoms with van der Waals surface area (Å²) in [4.78, 5) is 2.08. The van der Waals surface area contributed by atoms with Gasteiger partial charge in [0.2, 0.25) is 0 Å². The van der Waals surface area contributed by atoms with E-state index in [-0.39, 0.29) is 0 Å². The van der Waals surface area contributed by atoms with Crippen LogP contribution in [-0.2, 0) is 0 Å². The van der Waals surface area contributed by atoms with Crippen molar-refractivity contribution in [3.63, 3.8) is 0 Å². The van der Waals surface area contributed by atoms with Crippen LogP contribution in [0.3, 0.4) is 0 Å². The van der Waals surface area contributed by atoms with E-state index < -0.39 is 0 Å². The second-order valence-electron chi connectivity index (χ2n) is 3.48. The van der Waals surface area contributed by atoms with Gasteiger partial charge in [0.15, 0.2) is 0 Å². The van der Waals surface area contributed by atoms with Crippen LogP contribution in [0.5, 0.6) is 0 Å². The monoisotopic (exact) mass is 155 g/mol. The molecule has 1 nitrogen and oxygen atoms in total. The molecule has 0 heterocycles. The average molecular weight is 155 g/mol. The zero-order valence-corrected chi connectivity index (χ0v) is 8.30. The van der Waals surface area contributed by atoms with Gasteiger partial charge >= 0.3 is 0 Å². The van der Waals surface area contributed by atoms with E-state index in [2.05, 4.69) is 45.1 Å². The van der Waals surface area contributed by atoms with Crippen LogP contribution in [0.4, 0.5) is 0 Å². The van der Waals surface area contributed by atoms with E-state index in [1.54, 1.807) is 0 Å². The van der Waals surface area contributed by atoms with Gasteiger partial charge in [0.1, 0.15) is 0 Å². The molecule has 0 rings (SSSR count). The highest BCUT2D eigenvalue weighted by Gasteiger charge is 1.95. The predicted octanol–water partition coefficient (Wildman–Crippen LogP) is 2.89. The van der Waals surface area contributed by atoms with Crippen LogP contribution in [0.1, 0.15) is 33.1 Å². The molecule has 66 valence electrons. The number of rotatable bonds is 5. The highest BCUT2D eigenvalue weighted by atomic mass is 15.0. The Morgan fingerprint density at radius 2 is 2.00 bits per heavy atom. The lowest BCUT2D eigenvalue weighted by Crippen LogP contribution is -2.00. The molecule has 0 aliphatic heterocycles. The van der Waals surface area contributed by atoms with Crippen molar-refractivity contribution in [2.24, 2.45) is 5.92 Å². The molecule has 0 N–H and O–H groups in total. The topological polar surface area (TPSA) is 3.24 Å². The van der Waals surface area contributed by atoms with Gasteiger partial charge in [0.25, 0.3) is 0 Å². The molecule has 0 aromatic heterocycles. The fourth-order valence-electron chi connectivity index (χ4n) is 1.11. The van der Waals surface area contributed by atoms with Crippen LogP contribution < -0.4 is 0 Å². The fraction of sp³-hybridized carbons (Fsp3) is 0.800. The van der Waals surface area contributed by atoms with Crippen molar-refractivity contribution in [2.45, 2.75) is 33.1 Å². The Morgan fingerprint density at radius 1 is 1.36 bits per heavy atom. The van der Waals surface area contributed by atoms with Crippen molar-refractivity contribution in [1.29, 1.82) is 0 Å². The van der Waals surface area contributed by atoms with Crippen molar-refractivity contribution < 1.29 is 0 Å². The van der Waals surface area contributed by atoms with Crippen LogP contribution in [0.15, 0.2) is 12.3 Å². The fourth-order valence-corrected chi connectivity index (χ4v) is 1.11. The Hall–Kier alpha value is -0.460. The maximum atomic E-state index is 2.31. The highest BCUT2D eigenvalue weighted by Crippen LogP contribution is 2.09. The van der Waals surface area contributed by atoms with E-state index >= 15 is 0 Å². The Labute approximate surface area is 71.1 Å². The molecular weight excluding hydrogens is 134 g/mol. The number of allylic oxidation sites excluding steroid dienone is 1. The summed E-state index contributed by atoms with van der Waals surface area (Å²) >= 11 is 0. The van der Waals surface area contributed by atoms with Gasteiger partial charge in [-0.15, -0.1) is 0 Å². The molecule has 0 aromatic rings. The number of hydrogen-bond donors (Lipinski definition) is 0. The van der Waals surface area contributed by atoms with Crippen LogP contribution in [0.25, 0.3) is 0 Å².